The van der Waals surface area contributed by atoms with E-state index in [4.69, 9.17) is 28.8 Å². The van der Waals surface area contributed by atoms with E-state index in [1.807, 2.05) is 36.4 Å². The SMILES string of the molecule is c1ccc(-c2cc(-c3cccc4c3oc3ccccc34)nc(-c3ccc4c(c3)C3c5ccccc5C4c4cc(-c5nc(-c6ccccc6)cc(-c6cccc7c6oc6ccccc67)n5)ccc43)n2)cc1. The van der Waals surface area contributed by atoms with Crippen LogP contribution in [-0.2, 0) is 0 Å². The molecule has 4 heterocycles. The molecule has 9 aromatic carbocycles. The fourth-order valence-corrected chi connectivity index (χ4v) is 11.3. The first-order chi connectivity index (χ1) is 34.7. The maximum absolute atomic E-state index is 6.55. The summed E-state index contributed by atoms with van der Waals surface area (Å²) in [6.07, 6.45) is 0. The van der Waals surface area contributed by atoms with Gasteiger partial charge in [-0.15, -0.1) is 0 Å². The highest BCUT2D eigenvalue weighted by atomic mass is 16.3. The van der Waals surface area contributed by atoms with Crippen LogP contribution in [0.25, 0.3) is 112 Å². The summed E-state index contributed by atoms with van der Waals surface area (Å²) in [7, 11) is 0. The predicted octanol–water partition coefficient (Wildman–Crippen LogP) is 16.1. The van der Waals surface area contributed by atoms with Gasteiger partial charge in [-0.3, -0.25) is 0 Å². The van der Waals surface area contributed by atoms with Gasteiger partial charge in [-0.05, 0) is 81.9 Å². The van der Waals surface area contributed by atoms with Crippen LogP contribution in [0.5, 0.6) is 0 Å². The molecule has 6 heteroatoms. The summed E-state index contributed by atoms with van der Waals surface area (Å²) >= 11 is 0. The molecule has 3 aliphatic carbocycles. The summed E-state index contributed by atoms with van der Waals surface area (Å²) in [5.74, 6) is 1.36. The number of para-hydroxylation sites is 4. The lowest BCUT2D eigenvalue weighted by atomic mass is 9.61. The van der Waals surface area contributed by atoms with E-state index in [1.54, 1.807) is 0 Å². The molecule has 0 radical (unpaired) electrons. The fourth-order valence-electron chi connectivity index (χ4n) is 11.3. The molecule has 0 N–H and O–H groups in total. The van der Waals surface area contributed by atoms with Crippen LogP contribution < -0.4 is 0 Å². The molecular weight excluding hydrogens is 857 g/mol. The van der Waals surface area contributed by atoms with Gasteiger partial charge in [-0.1, -0.05) is 170 Å². The summed E-state index contributed by atoms with van der Waals surface area (Å²) in [6.45, 7) is 0. The van der Waals surface area contributed by atoms with E-state index in [-0.39, 0.29) is 11.8 Å². The third-order valence-electron chi connectivity index (χ3n) is 14.5. The Morgan fingerprint density at radius 1 is 0.271 bits per heavy atom. The monoisotopic (exact) mass is 894 g/mol. The van der Waals surface area contributed by atoms with Gasteiger partial charge in [0.1, 0.15) is 22.3 Å². The van der Waals surface area contributed by atoms with Gasteiger partial charge in [0.25, 0.3) is 0 Å². The number of benzene rings is 9. The van der Waals surface area contributed by atoms with Crippen LogP contribution in [0.4, 0.5) is 0 Å². The molecule has 0 spiro atoms. The van der Waals surface area contributed by atoms with Crippen molar-refractivity contribution in [1.82, 2.24) is 19.9 Å². The molecule has 2 atom stereocenters. The first-order valence-corrected chi connectivity index (χ1v) is 23.8. The number of aromatic nitrogens is 4. The van der Waals surface area contributed by atoms with Crippen molar-refractivity contribution in [2.24, 2.45) is 0 Å². The Morgan fingerprint density at radius 3 is 1.13 bits per heavy atom. The predicted molar refractivity (Wildman–Crippen MR) is 280 cm³/mol. The minimum atomic E-state index is 0.0130. The molecule has 13 aromatic rings. The Labute approximate surface area is 402 Å². The normalized spacial score (nSPS) is 14.6. The number of hydrogen-bond donors (Lipinski definition) is 0. The van der Waals surface area contributed by atoms with E-state index in [0.717, 1.165) is 100 Å². The van der Waals surface area contributed by atoms with E-state index in [0.29, 0.717) is 11.6 Å². The third-order valence-corrected chi connectivity index (χ3v) is 14.5. The second-order valence-corrected chi connectivity index (χ2v) is 18.4. The summed E-state index contributed by atoms with van der Waals surface area (Å²) in [5, 5.41) is 4.31. The Kier molecular flexibility index (Phi) is 8.38. The van der Waals surface area contributed by atoms with Gasteiger partial charge >= 0.3 is 0 Å². The third kappa shape index (κ3) is 5.93. The van der Waals surface area contributed by atoms with E-state index in [9.17, 15) is 0 Å². The Hall–Kier alpha value is -9.26. The standard InChI is InChI=1S/C64H38N4O2/c1-3-15-37(16-4-1)53-35-55(49-25-13-23-47-41-19-9-11-27-57(41)69-61(47)49)67-63(65-53)39-29-31-45-51(33-39)59-43-21-7-8-22-44(43)60(45)52-34-40(30-32-46(52)59)64-66-54(38-17-5-2-6-18-38)36-56(68-64)50-26-14-24-48-42-20-10-12-28-58(42)70-62(48)50/h1-36,59-60H. The quantitative estimate of drug-likeness (QED) is 0.165. The van der Waals surface area contributed by atoms with Crippen LogP contribution in [-0.4, -0.2) is 19.9 Å². The van der Waals surface area contributed by atoms with Crippen molar-refractivity contribution in [3.8, 4) is 67.8 Å². The Bertz CT molecular complexity index is 3990. The molecule has 0 amide bonds. The zero-order chi connectivity index (χ0) is 45.9. The smallest absolute Gasteiger partial charge is 0.160 e. The Morgan fingerprint density at radius 2 is 0.657 bits per heavy atom. The van der Waals surface area contributed by atoms with Gasteiger partial charge in [0.2, 0.25) is 0 Å². The summed E-state index contributed by atoms with van der Waals surface area (Å²) in [5.41, 5.74) is 20.3. The topological polar surface area (TPSA) is 77.8 Å². The van der Waals surface area contributed by atoms with Gasteiger partial charge in [0.15, 0.2) is 11.6 Å². The van der Waals surface area contributed by atoms with Gasteiger partial charge in [0, 0.05) is 66.8 Å². The van der Waals surface area contributed by atoms with Crippen molar-refractivity contribution in [2.45, 2.75) is 11.8 Å². The highest BCUT2D eigenvalue weighted by Crippen LogP contribution is 2.57. The van der Waals surface area contributed by atoms with Crippen LogP contribution in [0, 0.1) is 0 Å². The molecular formula is C64H38N4O2. The maximum atomic E-state index is 6.55. The van der Waals surface area contributed by atoms with E-state index in [2.05, 4.69) is 182 Å². The second kappa shape index (κ2) is 15.1. The number of furan rings is 2. The van der Waals surface area contributed by atoms with Gasteiger partial charge in [-0.2, -0.15) is 0 Å². The van der Waals surface area contributed by atoms with Crippen LogP contribution >= 0.6 is 0 Å². The first kappa shape index (κ1) is 38.8. The van der Waals surface area contributed by atoms with Crippen molar-refractivity contribution in [3.05, 3.63) is 252 Å². The molecule has 0 fully saturated rings. The van der Waals surface area contributed by atoms with Gasteiger partial charge < -0.3 is 8.83 Å². The van der Waals surface area contributed by atoms with Crippen molar-refractivity contribution >= 4 is 43.9 Å². The molecule has 0 saturated heterocycles. The first-order valence-electron chi connectivity index (χ1n) is 23.8. The number of hydrogen-bond acceptors (Lipinski definition) is 6. The maximum Gasteiger partial charge on any atom is 0.160 e. The van der Waals surface area contributed by atoms with Crippen LogP contribution in [0.1, 0.15) is 45.2 Å². The van der Waals surface area contributed by atoms with Crippen molar-refractivity contribution in [3.63, 3.8) is 0 Å². The molecule has 2 unspecified atom stereocenters. The largest absolute Gasteiger partial charge is 0.455 e. The molecule has 326 valence electrons. The number of rotatable bonds is 6. The van der Waals surface area contributed by atoms with Crippen LogP contribution in [0.15, 0.2) is 227 Å². The molecule has 0 aliphatic heterocycles. The van der Waals surface area contributed by atoms with Crippen molar-refractivity contribution in [1.29, 1.82) is 0 Å². The van der Waals surface area contributed by atoms with Crippen LogP contribution in [0.3, 0.4) is 0 Å². The van der Waals surface area contributed by atoms with Gasteiger partial charge in [0.05, 0.1) is 22.8 Å². The van der Waals surface area contributed by atoms with E-state index < -0.39 is 0 Å². The average molecular weight is 895 g/mol. The van der Waals surface area contributed by atoms with E-state index in [1.165, 1.54) is 33.4 Å². The van der Waals surface area contributed by atoms with E-state index >= 15 is 0 Å². The zero-order valence-corrected chi connectivity index (χ0v) is 37.5. The second-order valence-electron chi connectivity index (χ2n) is 18.4. The number of fused-ring (bicyclic) bond motifs is 6. The molecule has 16 rings (SSSR count). The van der Waals surface area contributed by atoms with Gasteiger partial charge in [-0.25, -0.2) is 19.9 Å². The minimum Gasteiger partial charge on any atom is -0.455 e. The fraction of sp³-hybridized carbons (Fsp3) is 0.0312. The molecule has 2 bridgehead atoms. The molecule has 4 aromatic heterocycles. The summed E-state index contributed by atoms with van der Waals surface area (Å²) < 4.78 is 13.1. The molecule has 3 aliphatic rings. The zero-order valence-electron chi connectivity index (χ0n) is 37.5. The highest BCUT2D eigenvalue weighted by Gasteiger charge is 2.41. The Balaban J connectivity index is 0.874. The average Bonchev–Trinajstić information content (AvgIpc) is 4.02. The lowest BCUT2D eigenvalue weighted by Crippen LogP contribution is -2.27. The minimum absolute atomic E-state index is 0.0130. The lowest BCUT2D eigenvalue weighted by Gasteiger charge is -2.42. The number of nitrogens with zero attached hydrogens (tertiary/aromatic N) is 4. The summed E-state index contributed by atoms with van der Waals surface area (Å²) in [6, 6.07) is 76.6. The van der Waals surface area contributed by atoms with Crippen molar-refractivity contribution in [2.75, 3.05) is 0 Å². The molecule has 70 heavy (non-hydrogen) atoms. The summed E-state index contributed by atoms with van der Waals surface area (Å²) in [4.78, 5) is 21.3. The van der Waals surface area contributed by atoms with Crippen molar-refractivity contribution < 1.29 is 8.83 Å². The molecule has 0 saturated carbocycles. The highest BCUT2D eigenvalue weighted by molar-refractivity contribution is 6.10. The molecule has 6 nitrogen and oxygen atoms in total. The lowest BCUT2D eigenvalue weighted by molar-refractivity contribution is 0.669. The van der Waals surface area contributed by atoms with Crippen LogP contribution in [0.2, 0.25) is 0 Å².